The van der Waals surface area contributed by atoms with E-state index in [1.54, 1.807) is 24.3 Å². The summed E-state index contributed by atoms with van der Waals surface area (Å²) in [6.07, 6.45) is 0. The molecule has 0 spiro atoms. The predicted octanol–water partition coefficient (Wildman–Crippen LogP) is 2.23. The minimum Gasteiger partial charge on any atom is -0.392 e. The van der Waals surface area contributed by atoms with E-state index in [1.165, 1.54) is 12.1 Å². The Kier molecular flexibility index (Phi) is 5.67. The van der Waals surface area contributed by atoms with Crippen LogP contribution < -0.4 is 10.6 Å². The number of anilines is 1. The zero-order valence-corrected chi connectivity index (χ0v) is 12.7. The van der Waals surface area contributed by atoms with Gasteiger partial charge in [-0.3, -0.25) is 9.59 Å². The van der Waals surface area contributed by atoms with Crippen LogP contribution in [0.2, 0.25) is 5.02 Å². The smallest absolute Gasteiger partial charge is 0.313 e. The highest BCUT2D eigenvalue weighted by atomic mass is 35.5. The van der Waals surface area contributed by atoms with E-state index in [9.17, 15) is 19.1 Å². The van der Waals surface area contributed by atoms with Gasteiger partial charge in [-0.1, -0.05) is 35.9 Å². The molecule has 0 heterocycles. The molecule has 0 bridgehead atoms. The molecular weight excluding hydrogens is 323 g/mol. The van der Waals surface area contributed by atoms with Crippen LogP contribution in [0.25, 0.3) is 0 Å². The molecule has 0 radical (unpaired) electrons. The highest BCUT2D eigenvalue weighted by Gasteiger charge is 2.14. The number of hydrogen-bond acceptors (Lipinski definition) is 3. The normalized spacial score (nSPS) is 10.2. The first kappa shape index (κ1) is 16.9. The van der Waals surface area contributed by atoms with Crippen molar-refractivity contribution in [1.29, 1.82) is 0 Å². The average Bonchev–Trinajstić information content (AvgIpc) is 2.56. The summed E-state index contributed by atoms with van der Waals surface area (Å²) in [5.41, 5.74) is 1.59. The molecule has 0 aliphatic heterocycles. The molecule has 0 saturated carbocycles. The van der Waals surface area contributed by atoms with Gasteiger partial charge >= 0.3 is 11.8 Å². The molecule has 0 unspecified atom stereocenters. The predicted molar refractivity (Wildman–Crippen MR) is 84.3 cm³/mol. The number of aliphatic hydroxyl groups excluding tert-OH is 1. The van der Waals surface area contributed by atoms with Gasteiger partial charge in [0.2, 0.25) is 0 Å². The van der Waals surface area contributed by atoms with E-state index < -0.39 is 17.6 Å². The maximum Gasteiger partial charge on any atom is 0.313 e. The maximum atomic E-state index is 13.0. The number of hydrogen-bond donors (Lipinski definition) is 3. The van der Waals surface area contributed by atoms with Gasteiger partial charge in [0.05, 0.1) is 11.6 Å². The lowest BCUT2D eigenvalue weighted by Crippen LogP contribution is -2.35. The fourth-order valence-electron chi connectivity index (χ4n) is 1.90. The summed E-state index contributed by atoms with van der Waals surface area (Å²) < 4.78 is 13.0. The standard InChI is InChI=1S/C16H14ClFN2O3/c17-13-7-12(5-6-14(13)18)20-16(23)15(22)19-8-10-3-1-2-4-11(10)9-21/h1-7,21H,8-9H2,(H,19,22)(H,20,23). The number of nitrogens with one attached hydrogen (secondary N) is 2. The Bertz CT molecular complexity index is 737. The van der Waals surface area contributed by atoms with Gasteiger partial charge < -0.3 is 15.7 Å². The van der Waals surface area contributed by atoms with Crippen LogP contribution in [-0.2, 0) is 22.7 Å². The van der Waals surface area contributed by atoms with Crippen LogP contribution in [0, 0.1) is 5.82 Å². The van der Waals surface area contributed by atoms with Gasteiger partial charge in [0, 0.05) is 12.2 Å². The van der Waals surface area contributed by atoms with Crippen molar-refractivity contribution >= 4 is 29.1 Å². The molecule has 0 fully saturated rings. The van der Waals surface area contributed by atoms with Crippen molar-refractivity contribution < 1.29 is 19.1 Å². The van der Waals surface area contributed by atoms with Crippen LogP contribution in [0.5, 0.6) is 0 Å². The van der Waals surface area contributed by atoms with Gasteiger partial charge in [0.25, 0.3) is 0 Å². The van der Waals surface area contributed by atoms with Crippen LogP contribution in [-0.4, -0.2) is 16.9 Å². The van der Waals surface area contributed by atoms with Gasteiger partial charge in [0.15, 0.2) is 0 Å². The highest BCUT2D eigenvalue weighted by Crippen LogP contribution is 2.19. The summed E-state index contributed by atoms with van der Waals surface area (Å²) in [5, 5.41) is 13.8. The SMILES string of the molecule is O=C(NCc1ccccc1CO)C(=O)Nc1ccc(F)c(Cl)c1. The van der Waals surface area contributed by atoms with Crippen molar-refractivity contribution in [3.63, 3.8) is 0 Å². The number of amides is 2. The fourth-order valence-corrected chi connectivity index (χ4v) is 2.08. The van der Waals surface area contributed by atoms with Crippen molar-refractivity contribution in [3.8, 4) is 0 Å². The molecule has 2 aromatic carbocycles. The third-order valence-corrected chi connectivity index (χ3v) is 3.40. The van der Waals surface area contributed by atoms with Gasteiger partial charge in [0.1, 0.15) is 5.82 Å². The molecule has 3 N–H and O–H groups in total. The highest BCUT2D eigenvalue weighted by molar-refractivity contribution is 6.39. The van der Waals surface area contributed by atoms with E-state index in [0.717, 1.165) is 6.07 Å². The van der Waals surface area contributed by atoms with E-state index >= 15 is 0 Å². The van der Waals surface area contributed by atoms with Crippen molar-refractivity contribution in [2.45, 2.75) is 13.2 Å². The van der Waals surface area contributed by atoms with Gasteiger partial charge in [-0.25, -0.2) is 4.39 Å². The minimum absolute atomic E-state index is 0.104. The molecule has 2 amide bonds. The zero-order valence-electron chi connectivity index (χ0n) is 12.0. The Morgan fingerprint density at radius 2 is 1.78 bits per heavy atom. The third-order valence-electron chi connectivity index (χ3n) is 3.11. The Labute approximate surface area is 137 Å². The molecule has 0 aliphatic rings. The molecule has 0 saturated heterocycles. The Morgan fingerprint density at radius 3 is 2.43 bits per heavy atom. The Morgan fingerprint density at radius 1 is 1.09 bits per heavy atom. The zero-order chi connectivity index (χ0) is 16.8. The van der Waals surface area contributed by atoms with Crippen LogP contribution >= 0.6 is 11.6 Å². The molecule has 23 heavy (non-hydrogen) atoms. The quantitative estimate of drug-likeness (QED) is 0.749. The van der Waals surface area contributed by atoms with E-state index in [0.29, 0.717) is 11.1 Å². The lowest BCUT2D eigenvalue weighted by atomic mass is 10.1. The van der Waals surface area contributed by atoms with Crippen molar-refractivity contribution in [1.82, 2.24) is 5.32 Å². The van der Waals surface area contributed by atoms with E-state index in [1.807, 2.05) is 0 Å². The number of carbonyl (C=O) groups excluding carboxylic acids is 2. The molecule has 2 rings (SSSR count). The molecule has 2 aromatic rings. The second kappa shape index (κ2) is 7.71. The monoisotopic (exact) mass is 336 g/mol. The second-order valence-corrected chi connectivity index (χ2v) is 5.10. The van der Waals surface area contributed by atoms with Crippen molar-refractivity contribution in [2.24, 2.45) is 0 Å². The van der Waals surface area contributed by atoms with Gasteiger partial charge in [-0.15, -0.1) is 0 Å². The summed E-state index contributed by atoms with van der Waals surface area (Å²) >= 11 is 5.60. The summed E-state index contributed by atoms with van der Waals surface area (Å²) in [7, 11) is 0. The van der Waals surface area contributed by atoms with Crippen LogP contribution in [0.3, 0.4) is 0 Å². The lowest BCUT2D eigenvalue weighted by molar-refractivity contribution is -0.136. The number of aliphatic hydroxyl groups is 1. The molecule has 0 aliphatic carbocycles. The maximum absolute atomic E-state index is 13.0. The summed E-state index contributed by atoms with van der Waals surface area (Å²) in [4.78, 5) is 23.6. The molecule has 0 aromatic heterocycles. The number of benzene rings is 2. The number of carbonyl (C=O) groups is 2. The first-order chi connectivity index (χ1) is 11.0. The fraction of sp³-hybridized carbons (Fsp3) is 0.125. The molecule has 5 nitrogen and oxygen atoms in total. The van der Waals surface area contributed by atoms with E-state index in [4.69, 9.17) is 11.6 Å². The second-order valence-electron chi connectivity index (χ2n) is 4.69. The summed E-state index contributed by atoms with van der Waals surface area (Å²) in [6, 6.07) is 10.6. The molecule has 7 heteroatoms. The third kappa shape index (κ3) is 4.51. The molecule has 0 atom stereocenters. The van der Waals surface area contributed by atoms with Crippen molar-refractivity contribution in [3.05, 3.63) is 64.4 Å². The molecule has 120 valence electrons. The van der Waals surface area contributed by atoms with Crippen LogP contribution in [0.15, 0.2) is 42.5 Å². The van der Waals surface area contributed by atoms with Gasteiger partial charge in [-0.2, -0.15) is 0 Å². The Hall–Kier alpha value is -2.44. The topological polar surface area (TPSA) is 78.4 Å². The first-order valence-corrected chi connectivity index (χ1v) is 7.11. The largest absolute Gasteiger partial charge is 0.392 e. The van der Waals surface area contributed by atoms with Crippen molar-refractivity contribution in [2.75, 3.05) is 5.32 Å². The summed E-state index contributed by atoms with van der Waals surface area (Å²) in [5.74, 6) is -2.36. The first-order valence-electron chi connectivity index (χ1n) is 6.73. The molecular formula is C16H14ClFN2O3. The average molecular weight is 337 g/mol. The van der Waals surface area contributed by atoms with Crippen LogP contribution in [0.4, 0.5) is 10.1 Å². The number of halogens is 2. The van der Waals surface area contributed by atoms with Crippen LogP contribution in [0.1, 0.15) is 11.1 Å². The Balaban J connectivity index is 1.95. The lowest BCUT2D eigenvalue weighted by Gasteiger charge is -2.09. The van der Waals surface area contributed by atoms with E-state index in [2.05, 4.69) is 10.6 Å². The summed E-state index contributed by atoms with van der Waals surface area (Å²) in [6.45, 7) is -0.0561. The van der Waals surface area contributed by atoms with E-state index in [-0.39, 0.29) is 23.9 Å². The van der Waals surface area contributed by atoms with Gasteiger partial charge in [-0.05, 0) is 29.3 Å². The minimum atomic E-state index is -0.894. The number of rotatable bonds is 4.